The maximum absolute atomic E-state index is 6.02. The van der Waals surface area contributed by atoms with Crippen LogP contribution in [0.4, 0.5) is 0 Å². The predicted molar refractivity (Wildman–Crippen MR) is 116 cm³/mol. The average molecular weight is 377 g/mol. The number of benzene rings is 2. The summed E-state index contributed by atoms with van der Waals surface area (Å²) in [4.78, 5) is 0. The molecule has 28 heavy (non-hydrogen) atoms. The van der Waals surface area contributed by atoms with E-state index in [-0.39, 0.29) is 0 Å². The van der Waals surface area contributed by atoms with E-state index in [1.165, 1.54) is 32.1 Å². The van der Waals surface area contributed by atoms with Crippen LogP contribution in [-0.4, -0.2) is 13.2 Å². The summed E-state index contributed by atoms with van der Waals surface area (Å²) in [7, 11) is 0. The van der Waals surface area contributed by atoms with Crippen molar-refractivity contribution in [3.05, 3.63) is 59.7 Å². The minimum atomic E-state index is 0.714. The third kappa shape index (κ3) is 6.34. The number of ether oxygens (including phenoxy) is 2. The lowest BCUT2D eigenvalue weighted by Crippen LogP contribution is -2.19. The van der Waals surface area contributed by atoms with E-state index < -0.39 is 0 Å². The highest BCUT2D eigenvalue weighted by Gasteiger charge is 2.20. The first kappa shape index (κ1) is 20.3. The highest BCUT2D eigenvalue weighted by Crippen LogP contribution is 2.31. The third-order valence-electron chi connectivity index (χ3n) is 5.56. The monoisotopic (exact) mass is 376 g/mol. The summed E-state index contributed by atoms with van der Waals surface area (Å²) in [6.45, 7) is 6.00. The Kier molecular flexibility index (Phi) is 7.85. The van der Waals surface area contributed by atoms with Crippen molar-refractivity contribution >= 4 is 0 Å². The molecular weight excluding hydrogens is 344 g/mol. The van der Waals surface area contributed by atoms with Crippen LogP contribution in [0.5, 0.6) is 11.5 Å². The highest BCUT2D eigenvalue weighted by molar-refractivity contribution is 5.45. The Hall–Kier alpha value is -2.40. The molecule has 0 saturated heterocycles. The maximum atomic E-state index is 6.02. The van der Waals surface area contributed by atoms with Crippen LogP contribution in [0.3, 0.4) is 0 Å². The third-order valence-corrected chi connectivity index (χ3v) is 5.56. The van der Waals surface area contributed by atoms with E-state index >= 15 is 0 Å². The molecule has 3 rings (SSSR count). The van der Waals surface area contributed by atoms with Gasteiger partial charge in [-0.1, -0.05) is 45.0 Å². The van der Waals surface area contributed by atoms with Crippen molar-refractivity contribution in [2.24, 2.45) is 11.8 Å². The molecule has 2 aromatic carbocycles. The highest BCUT2D eigenvalue weighted by atomic mass is 16.5. The minimum Gasteiger partial charge on any atom is -0.494 e. The van der Waals surface area contributed by atoms with Crippen molar-refractivity contribution in [1.29, 1.82) is 0 Å². The Morgan fingerprint density at radius 3 is 1.71 bits per heavy atom. The van der Waals surface area contributed by atoms with Crippen LogP contribution in [0.25, 0.3) is 0 Å². The summed E-state index contributed by atoms with van der Waals surface area (Å²) in [5.74, 6) is 9.93. The Bertz CT molecular complexity index is 757. The smallest absolute Gasteiger partial charge is 0.119 e. The summed E-state index contributed by atoms with van der Waals surface area (Å²) in [6.07, 6.45) is 7.69. The normalized spacial score (nSPS) is 18.8. The van der Waals surface area contributed by atoms with Gasteiger partial charge in [-0.05, 0) is 79.6 Å². The van der Waals surface area contributed by atoms with Crippen molar-refractivity contribution in [3.63, 3.8) is 0 Å². The van der Waals surface area contributed by atoms with Crippen LogP contribution in [0, 0.1) is 23.7 Å². The molecule has 2 heteroatoms. The first-order chi connectivity index (χ1) is 13.8. The van der Waals surface area contributed by atoms with E-state index in [1.807, 2.05) is 48.5 Å². The molecule has 0 spiro atoms. The quantitative estimate of drug-likeness (QED) is 0.516. The van der Waals surface area contributed by atoms with Crippen molar-refractivity contribution in [2.45, 2.75) is 52.4 Å². The second-order valence-corrected chi connectivity index (χ2v) is 7.75. The van der Waals surface area contributed by atoms with Crippen LogP contribution in [-0.2, 0) is 0 Å². The number of hydrogen-bond acceptors (Lipinski definition) is 2. The van der Waals surface area contributed by atoms with Crippen molar-refractivity contribution in [3.8, 4) is 23.3 Å². The van der Waals surface area contributed by atoms with Gasteiger partial charge < -0.3 is 9.47 Å². The van der Waals surface area contributed by atoms with Gasteiger partial charge in [-0.25, -0.2) is 0 Å². The van der Waals surface area contributed by atoms with Crippen molar-refractivity contribution in [1.82, 2.24) is 0 Å². The molecular formula is C26H32O2. The lowest BCUT2D eigenvalue weighted by atomic mass is 9.81. The molecule has 0 unspecified atom stereocenters. The average Bonchev–Trinajstić information content (AvgIpc) is 2.76. The molecule has 2 aromatic rings. The molecule has 0 aliphatic heterocycles. The van der Waals surface area contributed by atoms with Gasteiger partial charge in [-0.3, -0.25) is 0 Å². The lowest BCUT2D eigenvalue weighted by Gasteiger charge is -2.27. The summed E-state index contributed by atoms with van der Waals surface area (Å²) in [5, 5.41) is 0. The number of hydrogen-bond donors (Lipinski definition) is 0. The molecule has 1 aliphatic rings. The van der Waals surface area contributed by atoms with E-state index in [0.717, 1.165) is 48.2 Å². The van der Waals surface area contributed by atoms with E-state index in [9.17, 15) is 0 Å². The molecule has 148 valence electrons. The fourth-order valence-corrected chi connectivity index (χ4v) is 3.65. The van der Waals surface area contributed by atoms with Crippen LogP contribution in [0.15, 0.2) is 48.5 Å². The zero-order valence-electron chi connectivity index (χ0n) is 17.2. The van der Waals surface area contributed by atoms with Gasteiger partial charge in [0.15, 0.2) is 0 Å². The first-order valence-corrected chi connectivity index (χ1v) is 10.7. The van der Waals surface area contributed by atoms with E-state index in [4.69, 9.17) is 9.47 Å². The van der Waals surface area contributed by atoms with Crippen LogP contribution < -0.4 is 9.47 Å². The zero-order valence-corrected chi connectivity index (χ0v) is 17.2. The largest absolute Gasteiger partial charge is 0.494 e. The van der Waals surface area contributed by atoms with Gasteiger partial charge in [0.2, 0.25) is 0 Å². The van der Waals surface area contributed by atoms with E-state index in [2.05, 4.69) is 25.7 Å². The second kappa shape index (κ2) is 10.8. The minimum absolute atomic E-state index is 0.714. The summed E-state index contributed by atoms with van der Waals surface area (Å²) >= 11 is 0. The summed E-state index contributed by atoms with van der Waals surface area (Å²) in [5.41, 5.74) is 1.99. The molecule has 0 amide bonds. The molecule has 0 bridgehead atoms. The van der Waals surface area contributed by atoms with Gasteiger partial charge in [0.25, 0.3) is 0 Å². The van der Waals surface area contributed by atoms with Gasteiger partial charge >= 0.3 is 0 Å². The molecule has 0 aromatic heterocycles. The van der Waals surface area contributed by atoms with Gasteiger partial charge in [-0.2, -0.15) is 0 Å². The SMILES string of the molecule is CCCOc1ccc(C#Cc2ccc(OCC3CCC(CC)CC3)cc2)cc1. The topological polar surface area (TPSA) is 18.5 Å². The Morgan fingerprint density at radius 1 is 0.714 bits per heavy atom. The van der Waals surface area contributed by atoms with Crippen LogP contribution in [0.2, 0.25) is 0 Å². The van der Waals surface area contributed by atoms with E-state index in [1.54, 1.807) is 0 Å². The zero-order chi connectivity index (χ0) is 19.6. The molecule has 0 atom stereocenters. The molecule has 2 nitrogen and oxygen atoms in total. The molecule has 0 heterocycles. The maximum Gasteiger partial charge on any atom is 0.119 e. The molecule has 1 saturated carbocycles. The van der Waals surface area contributed by atoms with Gasteiger partial charge in [0.05, 0.1) is 13.2 Å². The Labute approximate surface area is 170 Å². The molecule has 1 aliphatic carbocycles. The van der Waals surface area contributed by atoms with Gasteiger partial charge in [0.1, 0.15) is 11.5 Å². The standard InChI is InChI=1S/C26H32O2/c1-3-19-27-25-15-11-22(12-16-25)7-8-23-13-17-26(18-14-23)28-20-24-9-5-21(4-2)6-10-24/h11-18,21,24H,3-6,9-10,19-20H2,1-2H3. The van der Waals surface area contributed by atoms with Crippen molar-refractivity contribution < 1.29 is 9.47 Å². The molecule has 0 radical (unpaired) electrons. The molecule has 0 N–H and O–H groups in total. The second-order valence-electron chi connectivity index (χ2n) is 7.75. The van der Waals surface area contributed by atoms with E-state index in [0.29, 0.717) is 5.92 Å². The summed E-state index contributed by atoms with van der Waals surface area (Å²) < 4.78 is 11.6. The van der Waals surface area contributed by atoms with Crippen molar-refractivity contribution in [2.75, 3.05) is 13.2 Å². The molecule has 1 fully saturated rings. The van der Waals surface area contributed by atoms with Gasteiger partial charge in [0, 0.05) is 11.1 Å². The number of rotatable bonds is 7. The summed E-state index contributed by atoms with van der Waals surface area (Å²) in [6, 6.07) is 16.1. The lowest BCUT2D eigenvalue weighted by molar-refractivity contribution is 0.181. The Balaban J connectivity index is 1.47. The fourth-order valence-electron chi connectivity index (χ4n) is 3.65. The van der Waals surface area contributed by atoms with Crippen LogP contribution >= 0.6 is 0 Å². The van der Waals surface area contributed by atoms with Crippen LogP contribution in [0.1, 0.15) is 63.5 Å². The first-order valence-electron chi connectivity index (χ1n) is 10.7. The fraction of sp³-hybridized carbons (Fsp3) is 0.462. The predicted octanol–water partition coefficient (Wildman–Crippen LogP) is 6.47. The Morgan fingerprint density at radius 2 is 1.21 bits per heavy atom. The van der Waals surface area contributed by atoms with Gasteiger partial charge in [-0.15, -0.1) is 0 Å².